The van der Waals surface area contributed by atoms with Crippen LogP contribution in [-0.4, -0.2) is 21.9 Å². The highest BCUT2D eigenvalue weighted by molar-refractivity contribution is 7.15. The molecule has 1 aromatic rings. The number of carbonyl (C=O) groups excluding carboxylic acids is 1. The molecule has 2 aliphatic rings. The third-order valence-electron chi connectivity index (χ3n) is 3.69. The molecule has 1 saturated carbocycles. The number of carbonyl (C=O) groups is 1. The van der Waals surface area contributed by atoms with E-state index in [1.165, 1.54) is 29.1 Å². The Morgan fingerprint density at radius 1 is 1.37 bits per heavy atom. The highest BCUT2D eigenvalue weighted by Crippen LogP contribution is 2.35. The van der Waals surface area contributed by atoms with Gasteiger partial charge in [-0.25, -0.2) is 4.98 Å². The zero-order chi connectivity index (χ0) is 13.4. The summed E-state index contributed by atoms with van der Waals surface area (Å²) in [5.74, 6) is -0.732. The highest BCUT2D eigenvalue weighted by Gasteiger charge is 2.53. The maximum absolute atomic E-state index is 11.8. The van der Waals surface area contributed by atoms with Gasteiger partial charge >= 0.3 is 0 Å². The van der Waals surface area contributed by atoms with Crippen molar-refractivity contribution in [2.45, 2.75) is 44.6 Å². The minimum atomic E-state index is -0.696. The molecule has 19 heavy (non-hydrogen) atoms. The molecule has 0 unspecified atom stereocenters. The van der Waals surface area contributed by atoms with Crippen LogP contribution in [0.4, 0.5) is 5.13 Å². The van der Waals surface area contributed by atoms with Gasteiger partial charge in [0.2, 0.25) is 11.9 Å². The predicted molar refractivity (Wildman–Crippen MR) is 70.9 cm³/mol. The molecule has 1 fully saturated rings. The first-order valence-electron chi connectivity index (χ1n) is 6.58. The molecule has 3 rings (SSSR count). The molecule has 6 nitrogen and oxygen atoms in total. The van der Waals surface area contributed by atoms with Crippen LogP contribution in [0.25, 0.3) is 0 Å². The van der Waals surface area contributed by atoms with E-state index in [1.807, 2.05) is 0 Å². The SMILES string of the molecule is O=C(Nc1nc2c(s1)CCCCC2)[C@H]1C[C@H]1[N+](=O)[O-]. The molecule has 0 aliphatic heterocycles. The maximum Gasteiger partial charge on any atom is 0.236 e. The standard InChI is InChI=1S/C12H15N3O3S/c16-11(7-6-9(7)15(17)18)14-12-13-8-4-2-1-3-5-10(8)19-12/h7,9H,1-6H2,(H,13,14,16)/t7-,9+/m0/s1. The summed E-state index contributed by atoms with van der Waals surface area (Å²) in [5.41, 5.74) is 1.10. The second-order valence-electron chi connectivity index (χ2n) is 5.13. The average molecular weight is 281 g/mol. The summed E-state index contributed by atoms with van der Waals surface area (Å²) >= 11 is 1.52. The molecule has 1 amide bonds. The van der Waals surface area contributed by atoms with Gasteiger partial charge in [-0.1, -0.05) is 6.42 Å². The van der Waals surface area contributed by atoms with Gasteiger partial charge in [0.25, 0.3) is 0 Å². The molecule has 1 aromatic heterocycles. The minimum absolute atomic E-state index is 0.259. The quantitative estimate of drug-likeness (QED) is 0.522. The monoisotopic (exact) mass is 281 g/mol. The van der Waals surface area contributed by atoms with Crippen LogP contribution in [0, 0.1) is 16.0 Å². The fourth-order valence-corrected chi connectivity index (χ4v) is 3.53. The molecule has 7 heteroatoms. The third kappa shape index (κ3) is 2.60. The number of rotatable bonds is 3. The van der Waals surface area contributed by atoms with Gasteiger partial charge in [0, 0.05) is 16.2 Å². The van der Waals surface area contributed by atoms with Crippen molar-refractivity contribution in [1.82, 2.24) is 4.98 Å². The van der Waals surface area contributed by atoms with Gasteiger partial charge in [0.1, 0.15) is 5.92 Å². The minimum Gasteiger partial charge on any atom is -0.301 e. The van der Waals surface area contributed by atoms with Crippen molar-refractivity contribution in [2.75, 3.05) is 5.32 Å². The smallest absolute Gasteiger partial charge is 0.236 e. The van der Waals surface area contributed by atoms with E-state index >= 15 is 0 Å². The predicted octanol–water partition coefficient (Wildman–Crippen LogP) is 2.02. The van der Waals surface area contributed by atoms with E-state index in [2.05, 4.69) is 10.3 Å². The Hall–Kier alpha value is -1.50. The van der Waals surface area contributed by atoms with Crippen LogP contribution in [0.3, 0.4) is 0 Å². The number of thiazole rings is 1. The molecule has 0 saturated heterocycles. The Balaban J connectivity index is 1.64. The Morgan fingerprint density at radius 3 is 2.89 bits per heavy atom. The number of anilines is 1. The molecule has 1 N–H and O–H groups in total. The number of nitro groups is 1. The Kier molecular flexibility index (Phi) is 3.22. The van der Waals surface area contributed by atoms with E-state index in [1.54, 1.807) is 0 Å². The molecule has 0 radical (unpaired) electrons. The van der Waals surface area contributed by atoms with E-state index in [4.69, 9.17) is 0 Å². The Labute approximate surface area is 114 Å². The lowest BCUT2D eigenvalue weighted by molar-refractivity contribution is -0.497. The van der Waals surface area contributed by atoms with Crippen LogP contribution in [0.15, 0.2) is 0 Å². The number of nitrogens with zero attached hydrogens (tertiary/aromatic N) is 2. The molecular formula is C12H15N3O3S. The number of amides is 1. The second kappa shape index (κ2) is 4.88. The van der Waals surface area contributed by atoms with Gasteiger partial charge in [-0.3, -0.25) is 14.9 Å². The molecule has 2 aliphatic carbocycles. The Bertz CT molecular complexity index is 505. The fraction of sp³-hybridized carbons (Fsp3) is 0.667. The molecule has 102 valence electrons. The van der Waals surface area contributed by atoms with E-state index in [-0.39, 0.29) is 10.8 Å². The lowest BCUT2D eigenvalue weighted by atomic mass is 10.2. The number of aryl methyl sites for hydroxylation is 2. The van der Waals surface area contributed by atoms with Crippen molar-refractivity contribution in [3.05, 3.63) is 20.7 Å². The Morgan fingerprint density at radius 2 is 2.16 bits per heavy atom. The normalized spacial score (nSPS) is 25.3. The average Bonchev–Trinajstić information content (AvgIpc) is 3.12. The van der Waals surface area contributed by atoms with Crippen molar-refractivity contribution in [3.63, 3.8) is 0 Å². The zero-order valence-electron chi connectivity index (χ0n) is 10.4. The van der Waals surface area contributed by atoms with Crippen LogP contribution in [0.2, 0.25) is 0 Å². The molecule has 2 atom stereocenters. The number of fused-ring (bicyclic) bond motifs is 1. The second-order valence-corrected chi connectivity index (χ2v) is 6.22. The van der Waals surface area contributed by atoms with E-state index in [9.17, 15) is 14.9 Å². The van der Waals surface area contributed by atoms with Crippen LogP contribution in [-0.2, 0) is 17.6 Å². The first kappa shape index (κ1) is 12.5. The first-order chi connectivity index (χ1) is 9.15. The lowest BCUT2D eigenvalue weighted by Crippen LogP contribution is -2.18. The van der Waals surface area contributed by atoms with Gasteiger partial charge in [-0.15, -0.1) is 11.3 Å². The highest BCUT2D eigenvalue weighted by atomic mass is 32.1. The van der Waals surface area contributed by atoms with Gasteiger partial charge in [-0.2, -0.15) is 0 Å². The molecular weight excluding hydrogens is 266 g/mol. The summed E-state index contributed by atoms with van der Waals surface area (Å²) in [6.45, 7) is 0. The lowest BCUT2D eigenvalue weighted by Gasteiger charge is -1.98. The number of nitrogens with one attached hydrogen (secondary N) is 1. The van der Waals surface area contributed by atoms with Crippen molar-refractivity contribution >= 4 is 22.4 Å². The summed E-state index contributed by atoms with van der Waals surface area (Å²) in [5, 5.41) is 13.9. The largest absolute Gasteiger partial charge is 0.301 e. The van der Waals surface area contributed by atoms with Crippen molar-refractivity contribution in [1.29, 1.82) is 0 Å². The van der Waals surface area contributed by atoms with Crippen molar-refractivity contribution in [2.24, 2.45) is 5.92 Å². The number of aromatic nitrogens is 1. The number of hydrogen-bond donors (Lipinski definition) is 1. The van der Waals surface area contributed by atoms with E-state index < -0.39 is 12.0 Å². The van der Waals surface area contributed by atoms with Crippen LogP contribution in [0.5, 0.6) is 0 Å². The maximum atomic E-state index is 11.8. The summed E-state index contributed by atoms with van der Waals surface area (Å²) < 4.78 is 0. The van der Waals surface area contributed by atoms with Gasteiger partial charge < -0.3 is 5.32 Å². The summed E-state index contributed by atoms with van der Waals surface area (Å²) in [7, 11) is 0. The molecule has 0 spiro atoms. The zero-order valence-corrected chi connectivity index (χ0v) is 11.2. The topological polar surface area (TPSA) is 85.1 Å². The van der Waals surface area contributed by atoms with Crippen molar-refractivity contribution < 1.29 is 9.72 Å². The van der Waals surface area contributed by atoms with E-state index in [0.29, 0.717) is 11.6 Å². The first-order valence-corrected chi connectivity index (χ1v) is 7.40. The van der Waals surface area contributed by atoms with Gasteiger partial charge in [0.15, 0.2) is 5.13 Å². The molecule has 0 bridgehead atoms. The van der Waals surface area contributed by atoms with Crippen LogP contribution >= 0.6 is 11.3 Å². The van der Waals surface area contributed by atoms with Crippen molar-refractivity contribution in [3.8, 4) is 0 Å². The van der Waals surface area contributed by atoms with Crippen LogP contribution in [0.1, 0.15) is 36.3 Å². The third-order valence-corrected chi connectivity index (χ3v) is 4.76. The summed E-state index contributed by atoms with van der Waals surface area (Å²) in [6, 6.07) is -0.696. The number of hydrogen-bond acceptors (Lipinski definition) is 5. The fourth-order valence-electron chi connectivity index (χ4n) is 2.48. The molecule has 1 heterocycles. The molecule has 0 aromatic carbocycles. The van der Waals surface area contributed by atoms with Gasteiger partial charge in [0.05, 0.1) is 5.69 Å². The van der Waals surface area contributed by atoms with E-state index in [0.717, 1.165) is 25.0 Å². The van der Waals surface area contributed by atoms with Crippen LogP contribution < -0.4 is 5.32 Å². The summed E-state index contributed by atoms with van der Waals surface area (Å²) in [6.07, 6.45) is 5.92. The van der Waals surface area contributed by atoms with Gasteiger partial charge in [-0.05, 0) is 25.7 Å². The summed E-state index contributed by atoms with van der Waals surface area (Å²) in [4.78, 5) is 27.7.